The lowest BCUT2D eigenvalue weighted by molar-refractivity contribution is -0.222. The van der Waals surface area contributed by atoms with E-state index < -0.39 is 14.6 Å². The van der Waals surface area contributed by atoms with Gasteiger partial charge in [0.25, 0.3) is 0 Å². The zero-order valence-corrected chi connectivity index (χ0v) is 15.3. The van der Waals surface area contributed by atoms with Gasteiger partial charge < -0.3 is 19.6 Å². The molecular weight excluding hydrogens is 296 g/mol. The number of anilines is 1. The molecule has 1 aliphatic rings. The van der Waals surface area contributed by atoms with E-state index in [0.29, 0.717) is 18.9 Å². The lowest BCUT2D eigenvalue weighted by Crippen LogP contribution is -2.44. The third-order valence-electron chi connectivity index (χ3n) is 4.60. The Balaban J connectivity index is 1.96. The van der Waals surface area contributed by atoms with Crippen molar-refractivity contribution >= 4 is 14.0 Å². The third kappa shape index (κ3) is 4.07. The average molecular weight is 324 g/mol. The van der Waals surface area contributed by atoms with E-state index in [1.165, 1.54) is 0 Å². The van der Waals surface area contributed by atoms with Gasteiger partial charge in [0.1, 0.15) is 0 Å². The molecule has 1 aromatic heterocycles. The van der Waals surface area contributed by atoms with E-state index >= 15 is 0 Å². The van der Waals surface area contributed by atoms with Gasteiger partial charge in [0, 0.05) is 11.8 Å². The van der Waals surface area contributed by atoms with E-state index in [4.69, 9.17) is 19.6 Å². The van der Waals surface area contributed by atoms with E-state index in [1.807, 2.05) is 6.07 Å². The van der Waals surface area contributed by atoms with Gasteiger partial charge >= 0.3 is 0 Å². The summed E-state index contributed by atoms with van der Waals surface area (Å²) in [4.78, 5) is 4.00. The standard InChI is InChI=1S/C16H28N2O3Si/c1-16(2,3)22(4,5)20-11-12-7-9-19-15(21-12)13-6-8-18-10-14(13)17/h6,8,10,12,15H,7,9,11,17H2,1-5H3/t12-,15-/m1/s1. The molecule has 1 aromatic rings. The lowest BCUT2D eigenvalue weighted by Gasteiger charge is -2.38. The molecule has 0 unspecified atom stereocenters. The largest absolute Gasteiger partial charge is 0.414 e. The average Bonchev–Trinajstić information content (AvgIpc) is 2.45. The number of nitrogens with two attached hydrogens (primary N) is 1. The fraction of sp³-hybridized carbons (Fsp3) is 0.688. The first kappa shape index (κ1) is 17.4. The summed E-state index contributed by atoms with van der Waals surface area (Å²) in [7, 11) is -1.76. The van der Waals surface area contributed by atoms with Gasteiger partial charge in [0.2, 0.25) is 0 Å². The van der Waals surface area contributed by atoms with Crippen molar-refractivity contribution in [2.24, 2.45) is 0 Å². The maximum absolute atomic E-state index is 6.26. The molecule has 0 spiro atoms. The van der Waals surface area contributed by atoms with Crippen molar-refractivity contribution in [3.05, 3.63) is 24.0 Å². The SMILES string of the molecule is CC(C)(C)[Si](C)(C)OC[C@H]1CCO[C@@H](c2ccncc2N)O1. The molecule has 1 fully saturated rings. The van der Waals surface area contributed by atoms with Crippen molar-refractivity contribution in [1.82, 2.24) is 4.98 Å². The van der Waals surface area contributed by atoms with Crippen LogP contribution < -0.4 is 5.73 Å². The van der Waals surface area contributed by atoms with Gasteiger partial charge in [-0.25, -0.2) is 0 Å². The van der Waals surface area contributed by atoms with Gasteiger partial charge in [-0.15, -0.1) is 0 Å². The van der Waals surface area contributed by atoms with E-state index in [0.717, 1.165) is 12.0 Å². The Hall–Kier alpha value is -0.953. The maximum atomic E-state index is 6.26. The number of pyridine rings is 1. The molecule has 0 radical (unpaired) electrons. The number of hydrogen-bond acceptors (Lipinski definition) is 5. The minimum atomic E-state index is -1.76. The van der Waals surface area contributed by atoms with E-state index in [9.17, 15) is 0 Å². The van der Waals surface area contributed by atoms with E-state index in [-0.39, 0.29) is 11.1 Å². The van der Waals surface area contributed by atoms with Crippen LogP contribution >= 0.6 is 0 Å². The molecular formula is C16H28N2O3Si. The Morgan fingerprint density at radius 3 is 2.77 bits per heavy atom. The minimum absolute atomic E-state index is 0.0421. The first-order valence-electron chi connectivity index (χ1n) is 7.81. The molecule has 2 atom stereocenters. The summed E-state index contributed by atoms with van der Waals surface area (Å²) in [6, 6.07) is 1.84. The topological polar surface area (TPSA) is 66.6 Å². The summed E-state index contributed by atoms with van der Waals surface area (Å²) in [6.07, 6.45) is 3.78. The molecule has 0 bridgehead atoms. The molecule has 1 saturated heterocycles. The van der Waals surface area contributed by atoms with Gasteiger partial charge in [-0.3, -0.25) is 4.98 Å². The van der Waals surface area contributed by atoms with Gasteiger partial charge in [0.05, 0.1) is 31.2 Å². The van der Waals surface area contributed by atoms with Gasteiger partial charge in [-0.1, -0.05) is 20.8 Å². The molecule has 124 valence electrons. The van der Waals surface area contributed by atoms with Crippen LogP contribution in [0.1, 0.15) is 39.0 Å². The molecule has 6 heteroatoms. The van der Waals surface area contributed by atoms with Crippen molar-refractivity contribution in [2.45, 2.75) is 57.7 Å². The Kier molecular flexibility index (Phi) is 5.27. The van der Waals surface area contributed by atoms with Crippen LogP contribution in [0.25, 0.3) is 0 Å². The van der Waals surface area contributed by atoms with Crippen LogP contribution in [0.5, 0.6) is 0 Å². The van der Waals surface area contributed by atoms with Gasteiger partial charge in [-0.05, 0) is 30.6 Å². The number of nitrogens with zero attached hydrogens (tertiary/aromatic N) is 1. The highest BCUT2D eigenvalue weighted by Crippen LogP contribution is 2.37. The first-order valence-corrected chi connectivity index (χ1v) is 10.7. The Morgan fingerprint density at radius 2 is 2.14 bits per heavy atom. The number of aromatic nitrogens is 1. The summed E-state index contributed by atoms with van der Waals surface area (Å²) in [5.41, 5.74) is 7.39. The quantitative estimate of drug-likeness (QED) is 0.859. The van der Waals surface area contributed by atoms with Gasteiger partial charge in [-0.2, -0.15) is 0 Å². The molecule has 5 nitrogen and oxygen atoms in total. The van der Waals surface area contributed by atoms with Crippen molar-refractivity contribution < 1.29 is 13.9 Å². The van der Waals surface area contributed by atoms with Crippen LogP contribution in [-0.2, 0) is 13.9 Å². The molecule has 0 amide bonds. The van der Waals surface area contributed by atoms with Crippen molar-refractivity contribution in [3.8, 4) is 0 Å². The summed E-state index contributed by atoms with van der Waals surface area (Å²) < 4.78 is 18.0. The van der Waals surface area contributed by atoms with Crippen molar-refractivity contribution in [2.75, 3.05) is 18.9 Å². The second-order valence-electron chi connectivity index (χ2n) is 7.33. The van der Waals surface area contributed by atoms with Crippen LogP contribution in [0, 0.1) is 0 Å². The predicted octanol–water partition coefficient (Wildman–Crippen LogP) is 3.49. The fourth-order valence-corrected chi connectivity index (χ4v) is 3.06. The second-order valence-corrected chi connectivity index (χ2v) is 12.1. The highest BCUT2D eigenvalue weighted by Gasteiger charge is 2.38. The second kappa shape index (κ2) is 6.66. The lowest BCUT2D eigenvalue weighted by atomic mass is 10.2. The van der Waals surface area contributed by atoms with Gasteiger partial charge in [0.15, 0.2) is 14.6 Å². The molecule has 0 aromatic carbocycles. The van der Waals surface area contributed by atoms with Crippen LogP contribution in [0.15, 0.2) is 18.5 Å². The molecule has 0 saturated carbocycles. The monoisotopic (exact) mass is 324 g/mol. The van der Waals surface area contributed by atoms with Crippen molar-refractivity contribution in [3.63, 3.8) is 0 Å². The summed E-state index contributed by atoms with van der Waals surface area (Å²) in [5.74, 6) is 0. The van der Waals surface area contributed by atoms with Crippen LogP contribution in [0.2, 0.25) is 18.1 Å². The number of ether oxygens (including phenoxy) is 2. The summed E-state index contributed by atoms with van der Waals surface area (Å²) in [5, 5.41) is 0.201. The van der Waals surface area contributed by atoms with E-state index in [1.54, 1.807) is 12.4 Å². The molecule has 22 heavy (non-hydrogen) atoms. The van der Waals surface area contributed by atoms with Crippen molar-refractivity contribution in [1.29, 1.82) is 0 Å². The molecule has 2 rings (SSSR count). The molecule has 0 aliphatic carbocycles. The smallest absolute Gasteiger partial charge is 0.192 e. The highest BCUT2D eigenvalue weighted by atomic mass is 28.4. The first-order chi connectivity index (χ1) is 10.2. The normalized spacial score (nSPS) is 23.5. The summed E-state index contributed by atoms with van der Waals surface area (Å²) >= 11 is 0. The summed E-state index contributed by atoms with van der Waals surface area (Å²) in [6.45, 7) is 12.5. The minimum Gasteiger partial charge on any atom is -0.414 e. The third-order valence-corrected chi connectivity index (χ3v) is 9.10. The number of nitrogen functional groups attached to an aromatic ring is 1. The molecule has 2 heterocycles. The zero-order chi connectivity index (χ0) is 16.4. The molecule has 1 aliphatic heterocycles. The van der Waals surface area contributed by atoms with E-state index in [2.05, 4.69) is 38.8 Å². The Labute approximate surface area is 134 Å². The Bertz CT molecular complexity index is 502. The number of rotatable bonds is 4. The zero-order valence-electron chi connectivity index (χ0n) is 14.3. The Morgan fingerprint density at radius 1 is 1.41 bits per heavy atom. The molecule has 2 N–H and O–H groups in total. The highest BCUT2D eigenvalue weighted by molar-refractivity contribution is 6.74. The maximum Gasteiger partial charge on any atom is 0.192 e. The fourth-order valence-electron chi connectivity index (χ4n) is 2.02. The number of hydrogen-bond donors (Lipinski definition) is 1. The van der Waals surface area contributed by atoms with Crippen LogP contribution in [0.4, 0.5) is 5.69 Å². The predicted molar refractivity (Wildman–Crippen MR) is 90.0 cm³/mol. The van der Waals surface area contributed by atoms with Crippen LogP contribution in [0.3, 0.4) is 0 Å². The van der Waals surface area contributed by atoms with Crippen LogP contribution in [-0.4, -0.2) is 32.6 Å².